The Kier molecular flexibility index (Phi) is 11.4. The van der Waals surface area contributed by atoms with Gasteiger partial charge in [-0.1, -0.05) is 18.2 Å². The molecule has 5 N–H and O–H groups in total. The van der Waals surface area contributed by atoms with Gasteiger partial charge in [-0.15, -0.1) is 22.6 Å². The number of aliphatic hydroxyl groups excluding tert-OH is 1. The first-order chi connectivity index (χ1) is 13.9. The summed E-state index contributed by atoms with van der Waals surface area (Å²) in [7, 11) is 1.67. The average Bonchev–Trinajstić information content (AvgIpc) is 2.74. The molecule has 10 heteroatoms. The molecule has 0 fully saturated rings. The second kappa shape index (κ2) is 13.2. The highest BCUT2D eigenvalue weighted by atomic mass is 35.5. The Bertz CT molecular complexity index is 733. The number of aromatic nitrogens is 2. The van der Waals surface area contributed by atoms with Crippen molar-refractivity contribution in [2.75, 3.05) is 38.9 Å². The lowest BCUT2D eigenvalue weighted by molar-refractivity contribution is 0.0916. The summed E-state index contributed by atoms with van der Waals surface area (Å²) in [6, 6.07) is 11.1. The zero-order chi connectivity index (χ0) is 21.1. The quantitative estimate of drug-likeness (QED) is 0.270. The lowest BCUT2D eigenvalue weighted by Crippen LogP contribution is -2.48. The maximum atomic E-state index is 10.3. The molecule has 0 saturated heterocycles. The molecule has 0 amide bonds. The molecule has 2 rings (SSSR count). The molecule has 1 atom stereocenters. The normalized spacial score (nSPS) is 12.0. The number of benzene rings is 1. The summed E-state index contributed by atoms with van der Waals surface area (Å²) in [6.45, 7) is 5.47. The van der Waals surface area contributed by atoms with E-state index in [0.717, 1.165) is 17.7 Å². The zero-order valence-electron chi connectivity index (χ0n) is 17.6. The second-order valence-corrected chi connectivity index (χ2v) is 7.27. The van der Waals surface area contributed by atoms with E-state index in [2.05, 4.69) is 20.9 Å². The summed E-state index contributed by atoms with van der Waals surface area (Å²) in [4.78, 5) is 0. The number of hydrazine groups is 1. The minimum atomic E-state index is -0.667. The fraction of sp³-hybridized carbons (Fsp3) is 0.500. The smallest absolute Gasteiger partial charge is 0.233 e. The number of rotatable bonds is 13. The molecule has 0 aliphatic carbocycles. The number of nitrogens with one attached hydrogen (secondary N) is 2. The largest absolute Gasteiger partial charge is 0.491 e. The summed E-state index contributed by atoms with van der Waals surface area (Å²) in [5.74, 6) is 6.88. The van der Waals surface area contributed by atoms with Crippen LogP contribution < -0.4 is 26.1 Å². The van der Waals surface area contributed by atoms with E-state index in [9.17, 15) is 5.11 Å². The molecule has 1 aromatic carbocycles. The van der Waals surface area contributed by atoms with Crippen LogP contribution in [0.4, 0.5) is 5.82 Å². The zero-order valence-corrected chi connectivity index (χ0v) is 18.4. The molecular formula is C20H32ClN5O4. The first-order valence-corrected chi connectivity index (χ1v) is 9.49. The Morgan fingerprint density at radius 2 is 1.90 bits per heavy atom. The number of para-hydroxylation sites is 1. The third-order valence-electron chi connectivity index (χ3n) is 4.16. The third kappa shape index (κ3) is 9.10. The van der Waals surface area contributed by atoms with Crippen LogP contribution in [0.3, 0.4) is 0 Å². The number of nitrogens with zero attached hydrogens (tertiary/aromatic N) is 2. The Balaban J connectivity index is 0.00000450. The predicted molar refractivity (Wildman–Crippen MR) is 118 cm³/mol. The van der Waals surface area contributed by atoms with E-state index < -0.39 is 6.10 Å². The Labute approximate surface area is 183 Å². The number of hydrogen-bond donors (Lipinski definition) is 4. The highest BCUT2D eigenvalue weighted by Gasteiger charge is 2.20. The number of nitrogen functional groups attached to an aromatic ring is 1. The van der Waals surface area contributed by atoms with E-state index >= 15 is 0 Å². The number of hydrogen-bond acceptors (Lipinski definition) is 9. The third-order valence-corrected chi connectivity index (χ3v) is 4.16. The van der Waals surface area contributed by atoms with Gasteiger partial charge in [-0.3, -0.25) is 0 Å². The number of halogens is 1. The van der Waals surface area contributed by atoms with Crippen molar-refractivity contribution < 1.29 is 19.3 Å². The van der Waals surface area contributed by atoms with Gasteiger partial charge < -0.3 is 30.1 Å². The maximum Gasteiger partial charge on any atom is 0.233 e. The summed E-state index contributed by atoms with van der Waals surface area (Å²) in [6.07, 6.45) is 0.0934. The van der Waals surface area contributed by atoms with Crippen molar-refractivity contribution in [1.82, 2.24) is 15.5 Å². The van der Waals surface area contributed by atoms with Gasteiger partial charge in [0.25, 0.3) is 0 Å². The van der Waals surface area contributed by atoms with Crippen LogP contribution in [0.15, 0.2) is 36.4 Å². The van der Waals surface area contributed by atoms with Gasteiger partial charge in [-0.2, -0.15) is 0 Å². The van der Waals surface area contributed by atoms with Gasteiger partial charge in [0.1, 0.15) is 25.1 Å². The highest BCUT2D eigenvalue weighted by Crippen LogP contribution is 2.19. The van der Waals surface area contributed by atoms with Gasteiger partial charge in [0.2, 0.25) is 5.88 Å². The van der Waals surface area contributed by atoms with Gasteiger partial charge in [-0.25, -0.2) is 5.84 Å². The van der Waals surface area contributed by atoms with E-state index in [0.29, 0.717) is 31.5 Å². The molecule has 30 heavy (non-hydrogen) atoms. The van der Waals surface area contributed by atoms with E-state index in [1.807, 2.05) is 38.1 Å². The van der Waals surface area contributed by atoms with Gasteiger partial charge in [-0.05, 0) is 38.0 Å². The summed E-state index contributed by atoms with van der Waals surface area (Å²) < 4.78 is 16.6. The molecule has 0 radical (unpaired) electrons. The van der Waals surface area contributed by atoms with Gasteiger partial charge in [0.05, 0.1) is 6.61 Å². The van der Waals surface area contributed by atoms with Crippen LogP contribution in [-0.2, 0) is 11.2 Å². The van der Waals surface area contributed by atoms with Crippen molar-refractivity contribution in [2.45, 2.75) is 31.9 Å². The van der Waals surface area contributed by atoms with Crippen molar-refractivity contribution in [3.05, 3.63) is 42.0 Å². The SMILES string of the molecule is COCCc1ccccc1OCC(O)CNC(C)(C)COc1ccc(NN)nn1.Cl. The fourth-order valence-electron chi connectivity index (χ4n) is 2.48. The molecule has 0 saturated carbocycles. The minimum absolute atomic E-state index is 0. The number of methoxy groups -OCH3 is 1. The van der Waals surface area contributed by atoms with E-state index in [4.69, 9.17) is 20.1 Å². The second-order valence-electron chi connectivity index (χ2n) is 7.27. The van der Waals surface area contributed by atoms with Crippen LogP contribution in [0, 0.1) is 0 Å². The molecule has 168 valence electrons. The Morgan fingerprint density at radius 3 is 2.57 bits per heavy atom. The van der Waals surface area contributed by atoms with Crippen LogP contribution in [0.5, 0.6) is 11.6 Å². The van der Waals surface area contributed by atoms with Gasteiger partial charge in [0, 0.05) is 25.3 Å². The number of ether oxygens (including phenoxy) is 3. The molecule has 0 spiro atoms. The molecule has 2 aromatic rings. The Morgan fingerprint density at radius 1 is 1.13 bits per heavy atom. The van der Waals surface area contributed by atoms with E-state index in [-0.39, 0.29) is 24.6 Å². The lowest BCUT2D eigenvalue weighted by Gasteiger charge is -2.27. The van der Waals surface area contributed by atoms with Crippen molar-refractivity contribution >= 4 is 18.2 Å². The standard InChI is InChI=1S/C20H31N5O4.ClH/c1-20(2,14-29-19-9-8-18(23-21)24-25-19)22-12-16(26)13-28-17-7-5-4-6-15(17)10-11-27-3;/h4-9,16,22,26H,10-14,21H2,1-3H3,(H,23,24);1H. The van der Waals surface area contributed by atoms with Gasteiger partial charge >= 0.3 is 0 Å². The molecule has 1 heterocycles. The van der Waals surface area contributed by atoms with E-state index in [1.54, 1.807) is 19.2 Å². The van der Waals surface area contributed by atoms with Crippen LogP contribution >= 0.6 is 12.4 Å². The Hall–Kier alpha value is -2.17. The first kappa shape index (κ1) is 25.9. The number of aliphatic hydroxyl groups is 1. The molecule has 1 unspecified atom stereocenters. The summed E-state index contributed by atoms with van der Waals surface area (Å²) in [5.41, 5.74) is 3.08. The molecule has 9 nitrogen and oxygen atoms in total. The van der Waals surface area contributed by atoms with E-state index in [1.165, 1.54) is 0 Å². The first-order valence-electron chi connectivity index (χ1n) is 9.49. The van der Waals surface area contributed by atoms with Crippen molar-refractivity contribution in [3.63, 3.8) is 0 Å². The van der Waals surface area contributed by atoms with Crippen LogP contribution in [0.25, 0.3) is 0 Å². The summed E-state index contributed by atoms with van der Waals surface area (Å²) in [5, 5.41) is 21.3. The topological polar surface area (TPSA) is 124 Å². The van der Waals surface area contributed by atoms with Crippen molar-refractivity contribution in [2.24, 2.45) is 5.84 Å². The van der Waals surface area contributed by atoms with Crippen LogP contribution in [0.1, 0.15) is 19.4 Å². The molecule has 0 bridgehead atoms. The van der Waals surface area contributed by atoms with Gasteiger partial charge in [0.15, 0.2) is 5.82 Å². The van der Waals surface area contributed by atoms with Crippen molar-refractivity contribution in [3.8, 4) is 11.6 Å². The fourth-order valence-corrected chi connectivity index (χ4v) is 2.48. The van der Waals surface area contributed by atoms with Crippen LogP contribution in [-0.4, -0.2) is 60.4 Å². The molecular weight excluding hydrogens is 410 g/mol. The molecule has 0 aliphatic rings. The average molecular weight is 442 g/mol. The minimum Gasteiger partial charge on any atom is -0.491 e. The summed E-state index contributed by atoms with van der Waals surface area (Å²) >= 11 is 0. The number of anilines is 1. The lowest BCUT2D eigenvalue weighted by atomic mass is 10.1. The molecule has 1 aromatic heterocycles. The van der Waals surface area contributed by atoms with Crippen molar-refractivity contribution in [1.29, 1.82) is 0 Å². The number of nitrogens with two attached hydrogens (primary N) is 1. The predicted octanol–water partition coefficient (Wildman–Crippen LogP) is 1.56. The number of β-amino-alcohol motifs (C(OH)–C–C–N with tert-alkyl or cyclic N) is 1. The maximum absolute atomic E-state index is 10.3. The highest BCUT2D eigenvalue weighted by molar-refractivity contribution is 5.85. The monoisotopic (exact) mass is 441 g/mol. The van der Waals surface area contributed by atoms with Crippen LogP contribution in [0.2, 0.25) is 0 Å². The molecule has 0 aliphatic heterocycles.